The third-order valence-corrected chi connectivity index (χ3v) is 8.81. The summed E-state index contributed by atoms with van der Waals surface area (Å²) in [6, 6.07) is 32.9. The lowest BCUT2D eigenvalue weighted by atomic mass is 10.4. The molecule has 3 aromatic rings. The second-order valence-electron chi connectivity index (χ2n) is 5.68. The second kappa shape index (κ2) is 8.99. The molecule has 0 atom stereocenters. The fourth-order valence-electron chi connectivity index (χ4n) is 3.21. The molecule has 124 valence electrons. The predicted molar refractivity (Wildman–Crippen MR) is 104 cm³/mol. The lowest BCUT2D eigenvalue weighted by Gasteiger charge is -2.27. The average Bonchev–Trinajstić information content (AvgIpc) is 2.65. The zero-order valence-corrected chi connectivity index (χ0v) is 15.3. The molecular weight excluding hydrogens is 333 g/mol. The van der Waals surface area contributed by atoms with E-state index < -0.39 is 7.26 Å². The molecule has 0 saturated heterocycles. The van der Waals surface area contributed by atoms with Gasteiger partial charge in [-0.1, -0.05) is 54.6 Å². The minimum Gasteiger partial charge on any atom is -1.00 e. The molecule has 0 saturated carbocycles. The van der Waals surface area contributed by atoms with Crippen molar-refractivity contribution >= 4 is 23.2 Å². The summed E-state index contributed by atoms with van der Waals surface area (Å²) >= 11 is 0. The maximum atomic E-state index is 5.89. The van der Waals surface area contributed by atoms with Crippen LogP contribution in [0.4, 0.5) is 0 Å². The van der Waals surface area contributed by atoms with E-state index >= 15 is 0 Å². The third-order valence-electron chi connectivity index (χ3n) is 4.29. The number of halogens is 1. The summed E-state index contributed by atoms with van der Waals surface area (Å²) in [4.78, 5) is 0. The molecule has 0 bridgehead atoms. The fraction of sp³-hybridized carbons (Fsp3) is 0.143. The van der Waals surface area contributed by atoms with Gasteiger partial charge in [-0.3, -0.25) is 0 Å². The van der Waals surface area contributed by atoms with Crippen LogP contribution in [-0.2, 0) is 0 Å². The predicted octanol–water partition coefficient (Wildman–Crippen LogP) is 0.333. The van der Waals surface area contributed by atoms with Crippen molar-refractivity contribution in [3.8, 4) is 0 Å². The van der Waals surface area contributed by atoms with E-state index in [0.717, 1.165) is 19.1 Å². The Morgan fingerprint density at radius 2 is 0.917 bits per heavy atom. The van der Waals surface area contributed by atoms with Gasteiger partial charge in [-0.25, -0.2) is 0 Å². The molecule has 0 aliphatic rings. The molecule has 0 aromatic heterocycles. The zero-order valence-electron chi connectivity index (χ0n) is 13.7. The van der Waals surface area contributed by atoms with Gasteiger partial charge in [0.1, 0.15) is 23.2 Å². The molecule has 3 rings (SSSR count). The summed E-state index contributed by atoms with van der Waals surface area (Å²) in [6.45, 7) is 0.730. The Kier molecular flexibility index (Phi) is 6.99. The van der Waals surface area contributed by atoms with Crippen LogP contribution in [0.3, 0.4) is 0 Å². The summed E-state index contributed by atoms with van der Waals surface area (Å²) in [6.07, 6.45) is 2.15. The number of nitrogens with two attached hydrogens (primary N) is 1. The molecule has 0 heterocycles. The fourth-order valence-corrected chi connectivity index (χ4v) is 7.58. The maximum absolute atomic E-state index is 5.89. The van der Waals surface area contributed by atoms with Crippen molar-refractivity contribution in [2.24, 2.45) is 5.73 Å². The lowest BCUT2D eigenvalue weighted by molar-refractivity contribution is -0.00000457. The second-order valence-corrected chi connectivity index (χ2v) is 9.30. The number of hydrogen-bond acceptors (Lipinski definition) is 1. The third kappa shape index (κ3) is 3.70. The Bertz CT molecular complexity index is 620. The highest BCUT2D eigenvalue weighted by Gasteiger charge is 2.44. The van der Waals surface area contributed by atoms with Crippen LogP contribution in [0.2, 0.25) is 0 Å². The highest BCUT2D eigenvalue weighted by atomic mass is 35.5. The van der Waals surface area contributed by atoms with Crippen LogP contribution in [0, 0.1) is 0 Å². The van der Waals surface area contributed by atoms with Crippen molar-refractivity contribution in [2.45, 2.75) is 6.42 Å². The van der Waals surface area contributed by atoms with Gasteiger partial charge in [-0.15, -0.1) is 0 Å². The quantitative estimate of drug-likeness (QED) is 0.634. The Labute approximate surface area is 151 Å². The minimum atomic E-state index is -1.65. The van der Waals surface area contributed by atoms with Gasteiger partial charge in [0.25, 0.3) is 0 Å². The first kappa shape index (κ1) is 18.7. The molecule has 0 amide bonds. The summed E-state index contributed by atoms with van der Waals surface area (Å²) in [7, 11) is -1.65. The molecule has 1 nitrogen and oxygen atoms in total. The van der Waals surface area contributed by atoms with E-state index in [9.17, 15) is 0 Å². The van der Waals surface area contributed by atoms with Crippen molar-refractivity contribution in [3.05, 3.63) is 91.0 Å². The molecule has 2 N–H and O–H groups in total. The number of hydrogen-bond donors (Lipinski definition) is 1. The molecule has 3 aromatic carbocycles. The average molecular weight is 356 g/mol. The van der Waals surface area contributed by atoms with Crippen molar-refractivity contribution in [3.63, 3.8) is 0 Å². The van der Waals surface area contributed by atoms with Crippen molar-refractivity contribution in [1.82, 2.24) is 0 Å². The van der Waals surface area contributed by atoms with Gasteiger partial charge in [0.2, 0.25) is 0 Å². The Balaban J connectivity index is 0.00000208. The summed E-state index contributed by atoms with van der Waals surface area (Å²) < 4.78 is 0. The van der Waals surface area contributed by atoms with E-state index in [1.165, 1.54) is 15.9 Å². The molecule has 0 radical (unpaired) electrons. The number of benzene rings is 3. The van der Waals surface area contributed by atoms with Crippen LogP contribution in [-0.4, -0.2) is 12.7 Å². The largest absolute Gasteiger partial charge is 1.00 e. The summed E-state index contributed by atoms with van der Waals surface area (Å²) in [5.41, 5.74) is 5.89. The first-order chi connectivity index (χ1) is 11.4. The van der Waals surface area contributed by atoms with Crippen LogP contribution in [0.5, 0.6) is 0 Å². The SMILES string of the molecule is NCCC[P+](c1ccccc1)(c1ccccc1)c1ccccc1.[Cl-]. The van der Waals surface area contributed by atoms with Gasteiger partial charge >= 0.3 is 0 Å². The standard InChI is InChI=1S/C21H23NP.ClH/c22-17-10-18-23(19-11-4-1-5-12-19,20-13-6-2-7-14-20)21-15-8-3-9-16-21;/h1-9,11-16H,10,17-18,22H2;1H/q+1;/p-1. The lowest BCUT2D eigenvalue weighted by Crippen LogP contribution is -3.00. The van der Waals surface area contributed by atoms with Crippen molar-refractivity contribution in [1.29, 1.82) is 0 Å². The molecule has 0 spiro atoms. The summed E-state index contributed by atoms with van der Waals surface area (Å²) in [5, 5.41) is 4.31. The summed E-state index contributed by atoms with van der Waals surface area (Å²) in [5.74, 6) is 0. The van der Waals surface area contributed by atoms with E-state index in [2.05, 4.69) is 91.0 Å². The topological polar surface area (TPSA) is 26.0 Å². The van der Waals surface area contributed by atoms with Gasteiger partial charge in [-0.05, 0) is 49.4 Å². The highest BCUT2D eigenvalue weighted by Crippen LogP contribution is 2.55. The van der Waals surface area contributed by atoms with Crippen LogP contribution in [0.15, 0.2) is 91.0 Å². The first-order valence-corrected chi connectivity index (χ1v) is 10.1. The van der Waals surface area contributed by atoms with Gasteiger partial charge in [-0.2, -0.15) is 0 Å². The molecule has 0 aliphatic heterocycles. The first-order valence-electron chi connectivity index (χ1n) is 8.13. The van der Waals surface area contributed by atoms with Crippen LogP contribution in [0.25, 0.3) is 0 Å². The Hall–Kier alpha value is -1.66. The smallest absolute Gasteiger partial charge is 0.112 e. The normalized spacial score (nSPS) is 10.9. The van der Waals surface area contributed by atoms with Crippen LogP contribution >= 0.6 is 7.26 Å². The number of rotatable bonds is 6. The Morgan fingerprint density at radius 1 is 0.583 bits per heavy atom. The zero-order chi connectivity index (χ0) is 16.0. The highest BCUT2D eigenvalue weighted by molar-refractivity contribution is 7.95. The van der Waals surface area contributed by atoms with Gasteiger partial charge < -0.3 is 18.1 Å². The van der Waals surface area contributed by atoms with E-state index in [0.29, 0.717) is 0 Å². The molecule has 0 unspecified atom stereocenters. The molecule has 0 fully saturated rings. The van der Waals surface area contributed by atoms with Gasteiger partial charge in [0.15, 0.2) is 0 Å². The van der Waals surface area contributed by atoms with Crippen LogP contribution < -0.4 is 34.1 Å². The van der Waals surface area contributed by atoms with Crippen LogP contribution in [0.1, 0.15) is 6.42 Å². The van der Waals surface area contributed by atoms with E-state index in [1.807, 2.05) is 0 Å². The van der Waals surface area contributed by atoms with Crippen molar-refractivity contribution < 1.29 is 12.4 Å². The van der Waals surface area contributed by atoms with Gasteiger partial charge in [0, 0.05) is 0 Å². The molecular formula is C21H23ClNP. The van der Waals surface area contributed by atoms with E-state index in [1.54, 1.807) is 0 Å². The monoisotopic (exact) mass is 355 g/mol. The van der Waals surface area contributed by atoms with Crippen molar-refractivity contribution in [2.75, 3.05) is 12.7 Å². The maximum Gasteiger partial charge on any atom is 0.112 e. The van der Waals surface area contributed by atoms with E-state index in [4.69, 9.17) is 5.73 Å². The molecule has 24 heavy (non-hydrogen) atoms. The van der Waals surface area contributed by atoms with Gasteiger partial charge in [0.05, 0.1) is 6.16 Å². The molecule has 3 heteroatoms. The molecule has 0 aliphatic carbocycles. The Morgan fingerprint density at radius 3 is 1.21 bits per heavy atom. The minimum absolute atomic E-state index is 0. The van der Waals surface area contributed by atoms with E-state index in [-0.39, 0.29) is 12.4 Å².